The Kier molecular flexibility index (Phi) is 5.82. The Balaban J connectivity index is 2.18. The van der Waals surface area contributed by atoms with Crippen LogP contribution < -0.4 is 21.5 Å². The zero-order valence-corrected chi connectivity index (χ0v) is 16.7. The number of alkyl carbamates (subject to hydrolysis) is 1. The molecule has 0 fully saturated rings. The van der Waals surface area contributed by atoms with Gasteiger partial charge in [-0.25, -0.2) is 14.6 Å². The number of nitrogens with one attached hydrogen (secondary N) is 1. The zero-order valence-electron chi connectivity index (χ0n) is 16.7. The number of carbonyl (C=O) groups excluding carboxylic acids is 2. The highest BCUT2D eigenvalue weighted by Gasteiger charge is 2.33. The van der Waals surface area contributed by atoms with Crippen molar-refractivity contribution in [2.75, 3.05) is 0 Å². The van der Waals surface area contributed by atoms with Gasteiger partial charge in [0.1, 0.15) is 16.9 Å². The van der Waals surface area contributed by atoms with Gasteiger partial charge in [0.25, 0.3) is 0 Å². The molecule has 0 aliphatic heterocycles. The highest BCUT2D eigenvalue weighted by Crippen LogP contribution is 2.29. The van der Waals surface area contributed by atoms with Crippen molar-refractivity contribution in [3.8, 4) is 5.75 Å². The molecular weight excluding hydrogens is 360 g/mol. The Labute approximate surface area is 163 Å². The van der Waals surface area contributed by atoms with Crippen molar-refractivity contribution >= 4 is 34.5 Å². The van der Waals surface area contributed by atoms with E-state index < -0.39 is 23.2 Å². The summed E-state index contributed by atoms with van der Waals surface area (Å²) in [5.74, 6) is -0.338. The number of fused-ring (bicyclic) bond motifs is 1. The number of nitrogens with two attached hydrogens (primary N) is 2. The maximum atomic E-state index is 12.5. The molecular formula is C20H26N4O4. The highest BCUT2D eigenvalue weighted by atomic mass is 16.6. The number of rotatable bonds is 4. The third-order valence-corrected chi connectivity index (χ3v) is 3.61. The summed E-state index contributed by atoms with van der Waals surface area (Å²) in [4.78, 5) is 28.6. The second-order valence-electron chi connectivity index (χ2n) is 7.84. The number of carbonyl (C=O) groups is 2. The first kappa shape index (κ1) is 21.0. The number of ether oxygens (including phenoxy) is 2. The molecule has 0 aromatic heterocycles. The SMILES string of the molecule is CC(C)(C)OC(=O)NC(C)(C)C(=O)Oc1ccc2c(N=C(N)N)cccc2c1. The minimum atomic E-state index is -1.28. The Morgan fingerprint density at radius 2 is 1.71 bits per heavy atom. The molecule has 0 aliphatic rings. The lowest BCUT2D eigenvalue weighted by Crippen LogP contribution is -2.52. The summed E-state index contributed by atoms with van der Waals surface area (Å²) in [6, 6.07) is 10.5. The Hall–Kier alpha value is -3.29. The number of hydrogen-bond donors (Lipinski definition) is 3. The topological polar surface area (TPSA) is 129 Å². The molecule has 0 heterocycles. The van der Waals surface area contributed by atoms with Crippen molar-refractivity contribution in [3.05, 3.63) is 36.4 Å². The van der Waals surface area contributed by atoms with Gasteiger partial charge in [0.2, 0.25) is 0 Å². The number of benzene rings is 2. The molecule has 0 atom stereocenters. The number of guanidine groups is 1. The van der Waals surface area contributed by atoms with E-state index in [9.17, 15) is 9.59 Å². The van der Waals surface area contributed by atoms with Crippen LogP contribution in [0.4, 0.5) is 10.5 Å². The van der Waals surface area contributed by atoms with Crippen LogP contribution in [0.1, 0.15) is 34.6 Å². The molecule has 150 valence electrons. The number of nitrogens with zero attached hydrogens (tertiary/aromatic N) is 1. The van der Waals surface area contributed by atoms with Crippen LogP contribution in [0.25, 0.3) is 10.8 Å². The molecule has 8 heteroatoms. The average Bonchev–Trinajstić information content (AvgIpc) is 2.51. The van der Waals surface area contributed by atoms with E-state index in [0.29, 0.717) is 11.4 Å². The van der Waals surface area contributed by atoms with E-state index >= 15 is 0 Å². The first-order chi connectivity index (χ1) is 12.9. The summed E-state index contributed by atoms with van der Waals surface area (Å²) in [6.45, 7) is 8.30. The Morgan fingerprint density at radius 3 is 2.32 bits per heavy atom. The molecule has 0 saturated heterocycles. The molecule has 0 unspecified atom stereocenters. The van der Waals surface area contributed by atoms with Crippen molar-refractivity contribution in [2.45, 2.75) is 45.8 Å². The summed E-state index contributed by atoms with van der Waals surface area (Å²) in [5, 5.41) is 4.12. The third-order valence-electron chi connectivity index (χ3n) is 3.61. The molecule has 2 aromatic rings. The van der Waals surface area contributed by atoms with Gasteiger partial charge < -0.3 is 26.3 Å². The number of hydrogen-bond acceptors (Lipinski definition) is 5. The minimum absolute atomic E-state index is 0.0435. The molecule has 0 bridgehead atoms. The van der Waals surface area contributed by atoms with Gasteiger partial charge in [-0.3, -0.25) is 0 Å². The van der Waals surface area contributed by atoms with Crippen molar-refractivity contribution in [2.24, 2.45) is 16.5 Å². The van der Waals surface area contributed by atoms with Crippen LogP contribution >= 0.6 is 0 Å². The maximum Gasteiger partial charge on any atom is 0.408 e. The summed E-state index contributed by atoms with van der Waals surface area (Å²) in [7, 11) is 0. The largest absolute Gasteiger partial charge is 0.444 e. The first-order valence-electron chi connectivity index (χ1n) is 8.73. The lowest BCUT2D eigenvalue weighted by Gasteiger charge is -2.26. The lowest BCUT2D eigenvalue weighted by atomic mass is 10.1. The van der Waals surface area contributed by atoms with Gasteiger partial charge in [-0.2, -0.15) is 0 Å². The standard InChI is InChI=1S/C20H26N4O4/c1-19(2,3)28-18(26)24-20(4,5)16(25)27-13-9-10-14-12(11-13)7-6-8-15(14)23-17(21)22/h6-11H,1-5H3,(H,24,26)(H4,21,22,23). The van der Waals surface area contributed by atoms with E-state index in [4.69, 9.17) is 20.9 Å². The normalized spacial score (nSPS) is 11.6. The number of aliphatic imine (C=N–C) groups is 1. The summed E-state index contributed by atoms with van der Waals surface area (Å²) >= 11 is 0. The second kappa shape index (κ2) is 7.75. The van der Waals surface area contributed by atoms with Gasteiger partial charge in [0.15, 0.2) is 5.96 Å². The minimum Gasteiger partial charge on any atom is -0.444 e. The van der Waals surface area contributed by atoms with E-state index in [-0.39, 0.29) is 5.96 Å². The van der Waals surface area contributed by atoms with Crippen LogP contribution in [0.15, 0.2) is 41.4 Å². The van der Waals surface area contributed by atoms with Crippen molar-refractivity contribution in [1.82, 2.24) is 5.32 Å². The van der Waals surface area contributed by atoms with E-state index in [1.165, 1.54) is 13.8 Å². The van der Waals surface area contributed by atoms with Crippen LogP contribution in [0.2, 0.25) is 0 Å². The van der Waals surface area contributed by atoms with E-state index in [1.54, 1.807) is 51.1 Å². The molecule has 0 spiro atoms. The highest BCUT2D eigenvalue weighted by molar-refractivity contribution is 5.96. The summed E-state index contributed by atoms with van der Waals surface area (Å²) < 4.78 is 10.6. The fourth-order valence-corrected chi connectivity index (χ4v) is 2.39. The van der Waals surface area contributed by atoms with Gasteiger partial charge in [-0.15, -0.1) is 0 Å². The van der Waals surface area contributed by atoms with Crippen molar-refractivity contribution in [3.63, 3.8) is 0 Å². The van der Waals surface area contributed by atoms with Gasteiger partial charge in [0, 0.05) is 5.39 Å². The molecule has 28 heavy (non-hydrogen) atoms. The monoisotopic (exact) mass is 386 g/mol. The van der Waals surface area contributed by atoms with Gasteiger partial charge >= 0.3 is 12.1 Å². The van der Waals surface area contributed by atoms with Crippen LogP contribution in [0, 0.1) is 0 Å². The van der Waals surface area contributed by atoms with Crippen LogP contribution in [-0.4, -0.2) is 29.2 Å². The van der Waals surface area contributed by atoms with Crippen molar-refractivity contribution in [1.29, 1.82) is 0 Å². The summed E-state index contributed by atoms with van der Waals surface area (Å²) in [6.07, 6.45) is -0.699. The quantitative estimate of drug-likeness (QED) is 0.321. The lowest BCUT2D eigenvalue weighted by molar-refractivity contribution is -0.140. The molecule has 5 N–H and O–H groups in total. The molecule has 1 amide bonds. The molecule has 8 nitrogen and oxygen atoms in total. The molecule has 2 rings (SSSR count). The molecule has 0 aliphatic carbocycles. The maximum absolute atomic E-state index is 12.5. The number of amides is 1. The smallest absolute Gasteiger partial charge is 0.408 e. The number of esters is 1. The first-order valence-corrected chi connectivity index (χ1v) is 8.73. The van der Waals surface area contributed by atoms with Crippen molar-refractivity contribution < 1.29 is 19.1 Å². The van der Waals surface area contributed by atoms with Gasteiger partial charge in [-0.05, 0) is 64.3 Å². The fourth-order valence-electron chi connectivity index (χ4n) is 2.39. The van der Waals surface area contributed by atoms with Crippen LogP contribution in [0.3, 0.4) is 0 Å². The molecule has 0 saturated carbocycles. The van der Waals surface area contributed by atoms with Gasteiger partial charge in [0.05, 0.1) is 5.69 Å². The van der Waals surface area contributed by atoms with E-state index in [1.807, 2.05) is 6.07 Å². The fraction of sp³-hybridized carbons (Fsp3) is 0.350. The van der Waals surface area contributed by atoms with E-state index in [0.717, 1.165) is 10.8 Å². The van der Waals surface area contributed by atoms with Crippen LogP contribution in [-0.2, 0) is 9.53 Å². The molecule has 2 aromatic carbocycles. The average molecular weight is 386 g/mol. The Bertz CT molecular complexity index is 925. The zero-order chi connectivity index (χ0) is 21.1. The molecule has 0 radical (unpaired) electrons. The predicted octanol–water partition coefficient (Wildman–Crippen LogP) is 2.95. The van der Waals surface area contributed by atoms with Crippen LogP contribution in [0.5, 0.6) is 5.75 Å². The summed E-state index contributed by atoms with van der Waals surface area (Å²) in [5.41, 5.74) is 9.56. The van der Waals surface area contributed by atoms with Gasteiger partial charge in [-0.1, -0.05) is 12.1 Å². The second-order valence-corrected chi connectivity index (χ2v) is 7.84. The van der Waals surface area contributed by atoms with E-state index in [2.05, 4.69) is 10.3 Å². The third kappa shape index (κ3) is 5.60. The predicted molar refractivity (Wildman–Crippen MR) is 109 cm³/mol. The Morgan fingerprint density at radius 1 is 1.04 bits per heavy atom.